The van der Waals surface area contributed by atoms with Gasteiger partial charge < -0.3 is 24.8 Å². The minimum Gasteiger partial charge on any atom is -0.493 e. The molecule has 1 heterocycles. The van der Waals surface area contributed by atoms with E-state index in [0.717, 1.165) is 55.9 Å². The van der Waals surface area contributed by atoms with Crippen LogP contribution in [0.5, 0.6) is 11.5 Å². The first-order valence-corrected chi connectivity index (χ1v) is 11.3. The third-order valence-electron chi connectivity index (χ3n) is 5.70. The second-order valence-electron chi connectivity index (χ2n) is 7.77. The maximum absolute atomic E-state index is 5.59. The third kappa shape index (κ3) is 7.75. The van der Waals surface area contributed by atoms with Gasteiger partial charge in [0.05, 0.1) is 46.1 Å². The Kier molecular flexibility index (Phi) is 11.8. The molecule has 1 fully saturated rings. The van der Waals surface area contributed by atoms with Gasteiger partial charge in [-0.15, -0.1) is 24.0 Å². The van der Waals surface area contributed by atoms with E-state index in [1.54, 1.807) is 14.2 Å². The van der Waals surface area contributed by atoms with Crippen LogP contribution < -0.4 is 20.1 Å². The van der Waals surface area contributed by atoms with Gasteiger partial charge in [-0.25, -0.2) is 0 Å². The predicted octanol–water partition coefficient (Wildman–Crippen LogP) is 4.01. The quantitative estimate of drug-likeness (QED) is 0.271. The SMILES string of the molecule is CCNC(=NCC(c1ccc(OC)c(OC)c1)N1CCOCC1)NC(C)c1ccccc1.I. The van der Waals surface area contributed by atoms with E-state index in [2.05, 4.69) is 65.8 Å². The Balaban J connectivity index is 0.00000385. The molecule has 33 heavy (non-hydrogen) atoms. The van der Waals surface area contributed by atoms with E-state index in [-0.39, 0.29) is 36.1 Å². The minimum absolute atomic E-state index is 0. The van der Waals surface area contributed by atoms with Gasteiger partial charge >= 0.3 is 0 Å². The third-order valence-corrected chi connectivity index (χ3v) is 5.70. The van der Waals surface area contributed by atoms with Crippen molar-refractivity contribution in [3.63, 3.8) is 0 Å². The zero-order chi connectivity index (χ0) is 22.8. The second-order valence-corrected chi connectivity index (χ2v) is 7.77. The molecule has 2 aromatic carbocycles. The summed E-state index contributed by atoms with van der Waals surface area (Å²) in [6, 6.07) is 16.8. The summed E-state index contributed by atoms with van der Waals surface area (Å²) in [6.07, 6.45) is 0. The van der Waals surface area contributed by atoms with Gasteiger partial charge in [-0.1, -0.05) is 36.4 Å². The average Bonchev–Trinajstić information content (AvgIpc) is 2.85. The monoisotopic (exact) mass is 568 g/mol. The van der Waals surface area contributed by atoms with E-state index in [0.29, 0.717) is 6.54 Å². The van der Waals surface area contributed by atoms with Crippen molar-refractivity contribution in [3.8, 4) is 11.5 Å². The normalized spacial score (nSPS) is 16.3. The standard InChI is InChI=1S/C25H36N4O3.HI/c1-5-26-25(28-19(2)20-9-7-6-8-10-20)27-18-22(29-13-15-32-16-14-29)21-11-12-23(30-3)24(17-21)31-4;/h6-12,17,19,22H,5,13-16,18H2,1-4H3,(H2,26,27,28);1H. The lowest BCUT2D eigenvalue weighted by atomic mass is 10.0. The summed E-state index contributed by atoms with van der Waals surface area (Å²) in [5.41, 5.74) is 2.38. The molecule has 3 rings (SSSR count). The number of guanidine groups is 1. The van der Waals surface area contributed by atoms with Crippen LogP contribution in [0.1, 0.15) is 37.1 Å². The molecule has 1 saturated heterocycles. The first-order valence-electron chi connectivity index (χ1n) is 11.3. The van der Waals surface area contributed by atoms with Crippen LogP contribution in [-0.2, 0) is 4.74 Å². The largest absolute Gasteiger partial charge is 0.493 e. The van der Waals surface area contributed by atoms with Crippen LogP contribution >= 0.6 is 24.0 Å². The summed E-state index contributed by atoms with van der Waals surface area (Å²) in [7, 11) is 3.32. The summed E-state index contributed by atoms with van der Waals surface area (Å²) < 4.78 is 16.6. The van der Waals surface area contributed by atoms with Crippen molar-refractivity contribution in [1.29, 1.82) is 0 Å². The topological polar surface area (TPSA) is 67.4 Å². The Labute approximate surface area is 214 Å². The number of rotatable bonds is 9. The number of aliphatic imine (C=N–C) groups is 1. The van der Waals surface area contributed by atoms with Gasteiger partial charge in [-0.2, -0.15) is 0 Å². The molecule has 0 aromatic heterocycles. The average molecular weight is 569 g/mol. The first-order chi connectivity index (χ1) is 15.7. The molecule has 0 spiro atoms. The van der Waals surface area contributed by atoms with Crippen LogP contribution in [0, 0.1) is 0 Å². The number of ether oxygens (including phenoxy) is 3. The van der Waals surface area contributed by atoms with Gasteiger partial charge in [0.2, 0.25) is 0 Å². The van der Waals surface area contributed by atoms with Crippen molar-refractivity contribution in [2.45, 2.75) is 25.9 Å². The van der Waals surface area contributed by atoms with Gasteiger partial charge in [0, 0.05) is 19.6 Å². The lowest BCUT2D eigenvalue weighted by molar-refractivity contribution is 0.0179. The van der Waals surface area contributed by atoms with E-state index < -0.39 is 0 Å². The van der Waals surface area contributed by atoms with Crippen molar-refractivity contribution < 1.29 is 14.2 Å². The number of benzene rings is 2. The fourth-order valence-corrected chi connectivity index (χ4v) is 3.91. The van der Waals surface area contributed by atoms with Gasteiger partial charge in [-0.3, -0.25) is 9.89 Å². The Hall–Kier alpha value is -2.04. The van der Waals surface area contributed by atoms with E-state index in [1.165, 1.54) is 5.56 Å². The number of nitrogens with zero attached hydrogens (tertiary/aromatic N) is 2. The summed E-state index contributed by atoms with van der Waals surface area (Å²) in [4.78, 5) is 7.40. The van der Waals surface area contributed by atoms with Crippen LogP contribution in [0.4, 0.5) is 0 Å². The Bertz CT molecular complexity index is 860. The zero-order valence-electron chi connectivity index (χ0n) is 20.0. The van der Waals surface area contributed by atoms with Gasteiger partial charge in [0.25, 0.3) is 0 Å². The van der Waals surface area contributed by atoms with Crippen LogP contribution in [0.3, 0.4) is 0 Å². The molecule has 0 aliphatic carbocycles. The number of halogens is 1. The van der Waals surface area contributed by atoms with Crippen molar-refractivity contribution in [3.05, 3.63) is 59.7 Å². The fourth-order valence-electron chi connectivity index (χ4n) is 3.91. The highest BCUT2D eigenvalue weighted by molar-refractivity contribution is 14.0. The van der Waals surface area contributed by atoms with E-state index in [1.807, 2.05) is 12.1 Å². The highest BCUT2D eigenvalue weighted by Crippen LogP contribution is 2.32. The lowest BCUT2D eigenvalue weighted by Gasteiger charge is -2.34. The second kappa shape index (κ2) is 14.3. The molecule has 2 aromatic rings. The molecule has 8 heteroatoms. The number of nitrogens with one attached hydrogen (secondary N) is 2. The number of hydrogen-bond donors (Lipinski definition) is 2. The predicted molar refractivity (Wildman–Crippen MR) is 144 cm³/mol. The molecule has 0 amide bonds. The molecular formula is C25H37IN4O3. The smallest absolute Gasteiger partial charge is 0.191 e. The lowest BCUT2D eigenvalue weighted by Crippen LogP contribution is -2.42. The summed E-state index contributed by atoms with van der Waals surface area (Å²) in [5.74, 6) is 2.27. The number of morpholine rings is 1. The maximum atomic E-state index is 5.59. The molecule has 2 atom stereocenters. The fraction of sp³-hybridized carbons (Fsp3) is 0.480. The van der Waals surface area contributed by atoms with E-state index >= 15 is 0 Å². The first kappa shape index (κ1) is 27.2. The van der Waals surface area contributed by atoms with Crippen molar-refractivity contribution in [2.24, 2.45) is 4.99 Å². The number of hydrogen-bond acceptors (Lipinski definition) is 5. The van der Waals surface area contributed by atoms with Crippen molar-refractivity contribution in [2.75, 3.05) is 53.6 Å². The zero-order valence-corrected chi connectivity index (χ0v) is 22.4. The minimum atomic E-state index is 0. The Morgan fingerprint density at radius 1 is 1.03 bits per heavy atom. The summed E-state index contributed by atoms with van der Waals surface area (Å²) >= 11 is 0. The van der Waals surface area contributed by atoms with E-state index in [4.69, 9.17) is 19.2 Å². The number of methoxy groups -OCH3 is 2. The van der Waals surface area contributed by atoms with Gasteiger partial charge in [-0.05, 0) is 37.1 Å². The van der Waals surface area contributed by atoms with Gasteiger partial charge in [0.1, 0.15) is 0 Å². The van der Waals surface area contributed by atoms with Crippen molar-refractivity contribution in [1.82, 2.24) is 15.5 Å². The van der Waals surface area contributed by atoms with Crippen molar-refractivity contribution >= 4 is 29.9 Å². The van der Waals surface area contributed by atoms with Crippen LogP contribution in [0.15, 0.2) is 53.5 Å². The molecule has 1 aliphatic rings. The van der Waals surface area contributed by atoms with Crippen LogP contribution in [-0.4, -0.2) is 64.5 Å². The Morgan fingerprint density at radius 3 is 2.36 bits per heavy atom. The molecule has 0 saturated carbocycles. The molecule has 1 aliphatic heterocycles. The Morgan fingerprint density at radius 2 is 1.73 bits per heavy atom. The summed E-state index contributed by atoms with van der Waals surface area (Å²) in [6.45, 7) is 8.86. The molecule has 2 N–H and O–H groups in total. The van der Waals surface area contributed by atoms with Crippen LogP contribution in [0.25, 0.3) is 0 Å². The molecular weight excluding hydrogens is 531 g/mol. The maximum Gasteiger partial charge on any atom is 0.191 e. The molecule has 0 bridgehead atoms. The van der Waals surface area contributed by atoms with Gasteiger partial charge in [0.15, 0.2) is 17.5 Å². The molecule has 0 radical (unpaired) electrons. The molecule has 7 nitrogen and oxygen atoms in total. The van der Waals surface area contributed by atoms with Crippen LogP contribution in [0.2, 0.25) is 0 Å². The van der Waals surface area contributed by atoms with E-state index in [9.17, 15) is 0 Å². The highest BCUT2D eigenvalue weighted by Gasteiger charge is 2.24. The summed E-state index contributed by atoms with van der Waals surface area (Å²) in [5, 5.41) is 6.92. The highest BCUT2D eigenvalue weighted by atomic mass is 127. The molecule has 2 unspecified atom stereocenters. The molecule has 182 valence electrons.